The van der Waals surface area contributed by atoms with Gasteiger partial charge in [0, 0.05) is 31.7 Å². The zero-order valence-corrected chi connectivity index (χ0v) is 10.8. The molecule has 1 aromatic rings. The maximum Gasteiger partial charge on any atom is 0.140 e. The smallest absolute Gasteiger partial charge is 0.140 e. The fourth-order valence-corrected chi connectivity index (χ4v) is 2.31. The van der Waals surface area contributed by atoms with Gasteiger partial charge in [0.15, 0.2) is 0 Å². The van der Waals surface area contributed by atoms with Gasteiger partial charge in [-0.05, 0) is 31.5 Å². The largest absolute Gasteiger partial charge is 0.311 e. The second kappa shape index (κ2) is 5.47. The zero-order valence-electron chi connectivity index (χ0n) is 10.8. The Morgan fingerprint density at radius 2 is 2.28 bits per heavy atom. The molecule has 1 aliphatic heterocycles. The monoisotopic (exact) mass is 247 g/mol. The van der Waals surface area contributed by atoms with Crippen molar-refractivity contribution in [1.29, 1.82) is 5.26 Å². The summed E-state index contributed by atoms with van der Waals surface area (Å²) < 4.78 is 13.2. The summed E-state index contributed by atoms with van der Waals surface area (Å²) in [6, 6.07) is 7.60. The molecule has 1 aromatic carbocycles. The van der Waals surface area contributed by atoms with Crippen LogP contribution in [0.25, 0.3) is 0 Å². The summed E-state index contributed by atoms with van der Waals surface area (Å²) in [6.45, 7) is 7.04. The Morgan fingerprint density at radius 3 is 3.00 bits per heavy atom. The Kier molecular flexibility index (Phi) is 3.95. The topological polar surface area (TPSA) is 39.1 Å². The zero-order chi connectivity index (χ0) is 13.1. The number of nitrogens with one attached hydrogen (secondary N) is 1. The fraction of sp³-hybridized carbons (Fsp3) is 0.500. The summed E-state index contributed by atoms with van der Waals surface area (Å²) >= 11 is 0. The first-order valence-electron chi connectivity index (χ1n) is 6.26. The van der Waals surface area contributed by atoms with Crippen LogP contribution >= 0.6 is 0 Å². The Hall–Kier alpha value is -1.44. The van der Waals surface area contributed by atoms with E-state index in [1.807, 2.05) is 6.07 Å². The molecule has 0 spiro atoms. The standard InChI is InChI=1S/C14H18FN3/c1-10-8-18(11(2)7-17-10)9-12-3-4-14(15)13(5-12)6-16/h3-5,10-11,17H,7-9H2,1-2H3. The lowest BCUT2D eigenvalue weighted by molar-refractivity contribution is 0.139. The first kappa shape index (κ1) is 13.0. The number of benzene rings is 1. The van der Waals surface area contributed by atoms with E-state index >= 15 is 0 Å². The number of halogens is 1. The molecule has 0 saturated carbocycles. The van der Waals surface area contributed by atoms with Gasteiger partial charge < -0.3 is 5.32 Å². The molecular weight excluding hydrogens is 229 g/mol. The van der Waals surface area contributed by atoms with Crippen LogP contribution in [0.3, 0.4) is 0 Å². The number of piperazine rings is 1. The molecule has 1 fully saturated rings. The minimum Gasteiger partial charge on any atom is -0.311 e. The van der Waals surface area contributed by atoms with Crippen LogP contribution in [0.15, 0.2) is 18.2 Å². The van der Waals surface area contributed by atoms with E-state index in [1.54, 1.807) is 12.1 Å². The fourth-order valence-electron chi connectivity index (χ4n) is 2.31. The second-order valence-corrected chi connectivity index (χ2v) is 5.01. The molecule has 4 heteroatoms. The number of rotatable bonds is 2. The molecule has 96 valence electrons. The van der Waals surface area contributed by atoms with Gasteiger partial charge in [-0.2, -0.15) is 5.26 Å². The van der Waals surface area contributed by atoms with Gasteiger partial charge in [0.25, 0.3) is 0 Å². The van der Waals surface area contributed by atoms with E-state index in [4.69, 9.17) is 5.26 Å². The van der Waals surface area contributed by atoms with E-state index in [1.165, 1.54) is 6.07 Å². The molecule has 0 amide bonds. The van der Waals surface area contributed by atoms with Crippen LogP contribution in [0.5, 0.6) is 0 Å². The van der Waals surface area contributed by atoms with Gasteiger partial charge >= 0.3 is 0 Å². The third-order valence-corrected chi connectivity index (χ3v) is 3.43. The van der Waals surface area contributed by atoms with Crippen molar-refractivity contribution in [3.63, 3.8) is 0 Å². The highest BCUT2D eigenvalue weighted by molar-refractivity contribution is 5.34. The Balaban J connectivity index is 2.11. The third kappa shape index (κ3) is 2.87. The van der Waals surface area contributed by atoms with Crippen LogP contribution in [0.2, 0.25) is 0 Å². The molecule has 2 rings (SSSR count). The van der Waals surface area contributed by atoms with Crippen LogP contribution in [0.4, 0.5) is 4.39 Å². The average molecular weight is 247 g/mol. The van der Waals surface area contributed by atoms with E-state index in [2.05, 4.69) is 24.1 Å². The maximum atomic E-state index is 13.2. The Labute approximate surface area is 107 Å². The van der Waals surface area contributed by atoms with Crippen molar-refractivity contribution in [3.05, 3.63) is 35.1 Å². The molecule has 2 unspecified atom stereocenters. The van der Waals surface area contributed by atoms with E-state index in [0.717, 1.165) is 25.2 Å². The minimum absolute atomic E-state index is 0.128. The van der Waals surface area contributed by atoms with E-state index in [0.29, 0.717) is 12.1 Å². The lowest BCUT2D eigenvalue weighted by Crippen LogP contribution is -2.53. The highest BCUT2D eigenvalue weighted by atomic mass is 19.1. The van der Waals surface area contributed by atoms with Crippen molar-refractivity contribution in [1.82, 2.24) is 10.2 Å². The summed E-state index contributed by atoms with van der Waals surface area (Å²) in [5.41, 5.74) is 1.12. The molecule has 18 heavy (non-hydrogen) atoms. The summed E-state index contributed by atoms with van der Waals surface area (Å²) in [5.74, 6) is -0.442. The number of hydrogen-bond donors (Lipinski definition) is 1. The van der Waals surface area contributed by atoms with Gasteiger partial charge in [0.1, 0.15) is 11.9 Å². The van der Waals surface area contributed by atoms with Crippen LogP contribution in [0, 0.1) is 17.1 Å². The van der Waals surface area contributed by atoms with Crippen LogP contribution in [-0.2, 0) is 6.54 Å². The predicted octanol–water partition coefficient (Wildman–Crippen LogP) is 1.88. The van der Waals surface area contributed by atoms with Gasteiger partial charge in [-0.1, -0.05) is 6.07 Å². The molecular formula is C14H18FN3. The molecule has 0 aromatic heterocycles. The number of nitrogens with zero attached hydrogens (tertiary/aromatic N) is 2. The average Bonchev–Trinajstić information content (AvgIpc) is 2.36. The van der Waals surface area contributed by atoms with Crippen LogP contribution < -0.4 is 5.32 Å². The van der Waals surface area contributed by atoms with Crippen LogP contribution in [0.1, 0.15) is 25.0 Å². The normalized spacial score (nSPS) is 24.8. The van der Waals surface area contributed by atoms with Gasteiger partial charge in [0.05, 0.1) is 5.56 Å². The molecule has 0 aliphatic carbocycles. The van der Waals surface area contributed by atoms with E-state index in [9.17, 15) is 4.39 Å². The van der Waals surface area contributed by atoms with E-state index in [-0.39, 0.29) is 5.56 Å². The highest BCUT2D eigenvalue weighted by Crippen LogP contribution is 2.15. The summed E-state index contributed by atoms with van der Waals surface area (Å²) in [7, 11) is 0. The second-order valence-electron chi connectivity index (χ2n) is 5.01. The molecule has 1 heterocycles. The van der Waals surface area contributed by atoms with Crippen LogP contribution in [-0.4, -0.2) is 30.1 Å². The molecule has 1 N–H and O–H groups in total. The first-order chi connectivity index (χ1) is 8.60. The Bertz CT molecular complexity index is 467. The van der Waals surface area contributed by atoms with Crippen molar-refractivity contribution in [3.8, 4) is 6.07 Å². The van der Waals surface area contributed by atoms with E-state index < -0.39 is 5.82 Å². The summed E-state index contributed by atoms with van der Waals surface area (Å²) in [4.78, 5) is 2.36. The summed E-state index contributed by atoms with van der Waals surface area (Å²) in [5, 5.41) is 12.3. The molecule has 0 bridgehead atoms. The molecule has 0 radical (unpaired) electrons. The predicted molar refractivity (Wildman–Crippen MR) is 68.5 cm³/mol. The van der Waals surface area contributed by atoms with Gasteiger partial charge in [-0.25, -0.2) is 4.39 Å². The number of hydrogen-bond acceptors (Lipinski definition) is 3. The van der Waals surface area contributed by atoms with Crippen molar-refractivity contribution in [2.24, 2.45) is 0 Å². The minimum atomic E-state index is -0.442. The maximum absolute atomic E-state index is 13.2. The number of nitriles is 1. The lowest BCUT2D eigenvalue weighted by Gasteiger charge is -2.37. The molecule has 1 aliphatic rings. The third-order valence-electron chi connectivity index (χ3n) is 3.43. The van der Waals surface area contributed by atoms with Crippen molar-refractivity contribution in [2.75, 3.05) is 13.1 Å². The van der Waals surface area contributed by atoms with Gasteiger partial charge in [0.2, 0.25) is 0 Å². The highest BCUT2D eigenvalue weighted by Gasteiger charge is 2.22. The quantitative estimate of drug-likeness (QED) is 0.867. The Morgan fingerprint density at radius 1 is 1.50 bits per heavy atom. The SMILES string of the molecule is CC1CN(Cc2ccc(F)c(C#N)c2)C(C)CN1. The first-order valence-corrected chi connectivity index (χ1v) is 6.26. The summed E-state index contributed by atoms with van der Waals surface area (Å²) in [6.07, 6.45) is 0. The van der Waals surface area contributed by atoms with Gasteiger partial charge in [-0.15, -0.1) is 0 Å². The molecule has 3 nitrogen and oxygen atoms in total. The van der Waals surface area contributed by atoms with Crippen molar-refractivity contribution >= 4 is 0 Å². The van der Waals surface area contributed by atoms with Crippen molar-refractivity contribution in [2.45, 2.75) is 32.5 Å². The van der Waals surface area contributed by atoms with Crippen molar-refractivity contribution < 1.29 is 4.39 Å². The molecule has 1 saturated heterocycles. The molecule has 2 atom stereocenters. The lowest BCUT2D eigenvalue weighted by atomic mass is 10.1. The van der Waals surface area contributed by atoms with Gasteiger partial charge in [-0.3, -0.25) is 4.90 Å².